The molecule has 0 radical (unpaired) electrons. The number of nitrogens with zero attached hydrogens (tertiary/aromatic N) is 2. The highest BCUT2D eigenvalue weighted by atomic mass is 32.2. The van der Waals surface area contributed by atoms with Gasteiger partial charge in [-0.25, -0.2) is 8.42 Å². The number of piperidine rings is 1. The van der Waals surface area contributed by atoms with Crippen molar-refractivity contribution in [2.24, 2.45) is 5.92 Å². The smallest absolute Gasteiger partial charge is 0.270 e. The minimum Gasteiger partial charge on any atom is -0.314 e. The highest BCUT2D eigenvalue weighted by molar-refractivity contribution is 7.89. The Morgan fingerprint density at radius 2 is 1.92 bits per heavy atom. The summed E-state index contributed by atoms with van der Waals surface area (Å²) in [6.45, 7) is 3.80. The molecule has 0 bridgehead atoms. The highest BCUT2D eigenvalue weighted by Crippen LogP contribution is 2.29. The maximum absolute atomic E-state index is 13.0. The van der Waals surface area contributed by atoms with Crippen LogP contribution in [0.25, 0.3) is 0 Å². The molecule has 1 aromatic carbocycles. The lowest BCUT2D eigenvalue weighted by Crippen LogP contribution is -2.45. The first-order valence-corrected chi connectivity index (χ1v) is 10.4. The van der Waals surface area contributed by atoms with E-state index < -0.39 is 14.9 Å². The van der Waals surface area contributed by atoms with Crippen LogP contribution in [-0.2, 0) is 16.4 Å². The third-order valence-corrected chi connectivity index (χ3v) is 7.09. The first kappa shape index (κ1) is 18.3. The molecule has 1 aromatic rings. The first-order chi connectivity index (χ1) is 11.9. The average molecular weight is 367 g/mol. The molecule has 0 unspecified atom stereocenters. The molecule has 1 saturated carbocycles. The minimum atomic E-state index is -3.70. The van der Waals surface area contributed by atoms with Gasteiger partial charge in [-0.05, 0) is 50.1 Å². The Kier molecular flexibility index (Phi) is 5.41. The summed E-state index contributed by atoms with van der Waals surface area (Å²) in [5.41, 5.74) is 0.441. The summed E-state index contributed by atoms with van der Waals surface area (Å²) in [7, 11) is -3.70. The van der Waals surface area contributed by atoms with Crippen molar-refractivity contribution in [3.8, 4) is 0 Å². The third-order valence-electron chi connectivity index (χ3n) is 5.11. The van der Waals surface area contributed by atoms with Crippen molar-refractivity contribution in [1.82, 2.24) is 9.62 Å². The average Bonchev–Trinajstić information content (AvgIpc) is 3.44. The van der Waals surface area contributed by atoms with Crippen LogP contribution in [0.1, 0.15) is 38.2 Å². The van der Waals surface area contributed by atoms with Crippen molar-refractivity contribution in [2.45, 2.75) is 50.0 Å². The Labute approximate surface area is 148 Å². The number of hydrogen-bond donors (Lipinski definition) is 1. The van der Waals surface area contributed by atoms with Gasteiger partial charge in [-0.15, -0.1) is 0 Å². The number of non-ortho nitro benzene ring substituents is 1. The fourth-order valence-corrected chi connectivity index (χ4v) is 5.07. The summed E-state index contributed by atoms with van der Waals surface area (Å²) in [6, 6.07) is 4.48. The summed E-state index contributed by atoms with van der Waals surface area (Å²) in [6.07, 6.45) is 4.68. The summed E-state index contributed by atoms with van der Waals surface area (Å²) >= 11 is 0. The molecule has 1 aliphatic carbocycles. The van der Waals surface area contributed by atoms with E-state index in [1.165, 1.54) is 29.3 Å². The van der Waals surface area contributed by atoms with Gasteiger partial charge in [0.2, 0.25) is 10.0 Å². The van der Waals surface area contributed by atoms with Gasteiger partial charge in [-0.3, -0.25) is 10.1 Å². The summed E-state index contributed by atoms with van der Waals surface area (Å²) < 4.78 is 27.5. The van der Waals surface area contributed by atoms with E-state index in [-0.39, 0.29) is 10.6 Å². The van der Waals surface area contributed by atoms with Crippen LogP contribution in [0.2, 0.25) is 0 Å². The number of nitrogens with one attached hydrogen (secondary N) is 1. The number of nitro benzene ring substituents is 1. The number of hydrogen-bond acceptors (Lipinski definition) is 5. The second kappa shape index (κ2) is 7.39. The second-order valence-corrected chi connectivity index (χ2v) is 8.84. The molecule has 3 rings (SSSR count). The zero-order valence-corrected chi connectivity index (χ0v) is 15.3. The normalized spacial score (nSPS) is 19.9. The van der Waals surface area contributed by atoms with E-state index in [0.717, 1.165) is 25.3 Å². The summed E-state index contributed by atoms with van der Waals surface area (Å²) in [5, 5.41) is 14.6. The molecule has 8 heteroatoms. The number of aryl methyl sites for hydroxylation is 1. The maximum atomic E-state index is 13.0. The van der Waals surface area contributed by atoms with Crippen LogP contribution in [0.3, 0.4) is 0 Å². The summed E-state index contributed by atoms with van der Waals surface area (Å²) in [4.78, 5) is 10.5. The third kappa shape index (κ3) is 4.19. The number of benzene rings is 1. The molecule has 138 valence electrons. The van der Waals surface area contributed by atoms with Crippen LogP contribution in [-0.4, -0.2) is 43.3 Å². The molecular formula is C17H25N3O4S. The molecule has 2 fully saturated rings. The molecule has 1 N–H and O–H groups in total. The number of nitro groups is 1. The number of sulfonamides is 1. The van der Waals surface area contributed by atoms with Crippen LogP contribution < -0.4 is 5.32 Å². The molecular weight excluding hydrogens is 342 g/mol. The predicted molar refractivity (Wildman–Crippen MR) is 95.0 cm³/mol. The fourth-order valence-electron chi connectivity index (χ4n) is 3.28. The van der Waals surface area contributed by atoms with Gasteiger partial charge >= 0.3 is 0 Å². The Morgan fingerprint density at radius 3 is 2.48 bits per heavy atom. The Balaban J connectivity index is 1.73. The molecule has 25 heavy (non-hydrogen) atoms. The van der Waals surface area contributed by atoms with Crippen molar-refractivity contribution in [3.05, 3.63) is 33.9 Å². The van der Waals surface area contributed by atoms with E-state index in [0.29, 0.717) is 31.1 Å². The van der Waals surface area contributed by atoms with E-state index in [2.05, 4.69) is 5.32 Å². The standard InChI is InChI=1S/C17H25N3O4S/c1-2-14-5-6-16(20(21)22)11-17(14)25(23,24)19-9-7-15(8-10-19)18-12-13-3-4-13/h5-6,11,13,15,18H,2-4,7-10,12H2,1H3. The van der Waals surface area contributed by atoms with Crippen LogP contribution >= 0.6 is 0 Å². The van der Waals surface area contributed by atoms with Gasteiger partial charge in [-0.2, -0.15) is 4.31 Å². The fraction of sp³-hybridized carbons (Fsp3) is 0.647. The van der Waals surface area contributed by atoms with Gasteiger partial charge in [0.1, 0.15) is 0 Å². The van der Waals surface area contributed by atoms with Gasteiger partial charge in [0.05, 0.1) is 9.82 Å². The van der Waals surface area contributed by atoms with Crippen molar-refractivity contribution < 1.29 is 13.3 Å². The zero-order chi connectivity index (χ0) is 18.0. The van der Waals surface area contributed by atoms with Gasteiger partial charge in [0, 0.05) is 31.3 Å². The lowest BCUT2D eigenvalue weighted by Gasteiger charge is -2.32. The minimum absolute atomic E-state index is 0.0774. The van der Waals surface area contributed by atoms with Crippen molar-refractivity contribution in [1.29, 1.82) is 0 Å². The van der Waals surface area contributed by atoms with Gasteiger partial charge in [-0.1, -0.05) is 13.0 Å². The maximum Gasteiger partial charge on any atom is 0.270 e. The Hall–Kier alpha value is -1.51. The molecule has 1 heterocycles. The Morgan fingerprint density at radius 1 is 1.24 bits per heavy atom. The molecule has 0 aromatic heterocycles. The monoisotopic (exact) mass is 367 g/mol. The van der Waals surface area contributed by atoms with Crippen molar-refractivity contribution in [2.75, 3.05) is 19.6 Å². The zero-order valence-electron chi connectivity index (χ0n) is 14.5. The first-order valence-electron chi connectivity index (χ1n) is 8.92. The van der Waals surface area contributed by atoms with E-state index in [1.54, 1.807) is 6.07 Å². The largest absolute Gasteiger partial charge is 0.314 e. The predicted octanol–water partition coefficient (Wildman–Crippen LogP) is 2.31. The van der Waals surface area contributed by atoms with E-state index in [4.69, 9.17) is 0 Å². The van der Waals surface area contributed by atoms with Crippen LogP contribution in [0.4, 0.5) is 5.69 Å². The molecule has 2 aliphatic rings. The van der Waals surface area contributed by atoms with Gasteiger partial charge in [0.15, 0.2) is 0 Å². The van der Waals surface area contributed by atoms with E-state index in [9.17, 15) is 18.5 Å². The number of rotatable bonds is 7. The van der Waals surface area contributed by atoms with Crippen molar-refractivity contribution in [3.63, 3.8) is 0 Å². The topological polar surface area (TPSA) is 92.5 Å². The molecule has 0 atom stereocenters. The van der Waals surface area contributed by atoms with E-state index in [1.807, 2.05) is 6.92 Å². The summed E-state index contributed by atoms with van der Waals surface area (Å²) in [5.74, 6) is 0.804. The highest BCUT2D eigenvalue weighted by Gasteiger charge is 2.32. The molecule has 1 aliphatic heterocycles. The lowest BCUT2D eigenvalue weighted by atomic mass is 10.1. The van der Waals surface area contributed by atoms with Crippen LogP contribution in [0.5, 0.6) is 0 Å². The quantitative estimate of drug-likeness (QED) is 0.590. The second-order valence-electron chi connectivity index (χ2n) is 6.93. The van der Waals surface area contributed by atoms with Gasteiger partial charge in [0.25, 0.3) is 5.69 Å². The van der Waals surface area contributed by atoms with E-state index >= 15 is 0 Å². The lowest BCUT2D eigenvalue weighted by molar-refractivity contribution is -0.385. The molecule has 0 amide bonds. The molecule has 1 saturated heterocycles. The molecule has 0 spiro atoms. The molecule has 7 nitrogen and oxygen atoms in total. The van der Waals surface area contributed by atoms with Crippen LogP contribution in [0.15, 0.2) is 23.1 Å². The van der Waals surface area contributed by atoms with Crippen LogP contribution in [0, 0.1) is 16.0 Å². The van der Waals surface area contributed by atoms with Gasteiger partial charge < -0.3 is 5.32 Å². The Bertz CT molecular complexity index is 738. The SMILES string of the molecule is CCc1ccc([N+](=O)[O-])cc1S(=O)(=O)N1CCC(NCC2CC2)CC1. The van der Waals surface area contributed by atoms with Crippen molar-refractivity contribution >= 4 is 15.7 Å².